The number of aromatic amines is 1. The molecule has 1 N–H and O–H groups in total. The van der Waals surface area contributed by atoms with Crippen molar-refractivity contribution in [1.82, 2.24) is 9.88 Å². The molecule has 6 heteroatoms. The molecule has 0 amide bonds. The largest absolute Gasteiger partial charge is 0.423 e. The molecule has 1 aliphatic rings. The fourth-order valence-corrected chi connectivity index (χ4v) is 4.58. The average Bonchev–Trinajstić information content (AvgIpc) is 3.18. The van der Waals surface area contributed by atoms with Gasteiger partial charge in [-0.2, -0.15) is 0 Å². The number of piperazine rings is 1. The number of aromatic nitrogens is 1. The van der Waals surface area contributed by atoms with E-state index in [1.807, 2.05) is 36.5 Å². The topological polar surface area (TPSA) is 52.5 Å². The van der Waals surface area contributed by atoms with Gasteiger partial charge in [-0.1, -0.05) is 12.1 Å². The second-order valence-electron chi connectivity index (χ2n) is 8.24. The molecule has 0 saturated carbocycles. The van der Waals surface area contributed by atoms with Crippen molar-refractivity contribution in [2.75, 3.05) is 37.6 Å². The van der Waals surface area contributed by atoms with Gasteiger partial charge < -0.3 is 14.3 Å². The van der Waals surface area contributed by atoms with E-state index in [0.29, 0.717) is 5.58 Å². The van der Waals surface area contributed by atoms with Gasteiger partial charge in [-0.3, -0.25) is 4.90 Å². The van der Waals surface area contributed by atoms with Gasteiger partial charge in [0.25, 0.3) is 0 Å². The third kappa shape index (κ3) is 4.21. The Bertz CT molecular complexity index is 1250. The summed E-state index contributed by atoms with van der Waals surface area (Å²) in [7, 11) is 0. The van der Waals surface area contributed by atoms with Crippen molar-refractivity contribution in [3.63, 3.8) is 0 Å². The van der Waals surface area contributed by atoms with Crippen molar-refractivity contribution >= 4 is 27.6 Å². The molecule has 3 heterocycles. The van der Waals surface area contributed by atoms with Gasteiger partial charge in [0.2, 0.25) is 0 Å². The molecule has 0 unspecified atom stereocenters. The van der Waals surface area contributed by atoms with E-state index in [1.54, 1.807) is 12.1 Å². The molecule has 1 aliphatic heterocycles. The third-order valence-electron chi connectivity index (χ3n) is 6.24. The van der Waals surface area contributed by atoms with Crippen LogP contribution in [-0.2, 0) is 6.42 Å². The number of fused-ring (bicyclic) bond motifs is 2. The zero-order valence-corrected chi connectivity index (χ0v) is 17.4. The Morgan fingerprint density at radius 2 is 1.81 bits per heavy atom. The molecule has 5 rings (SSSR count). The SMILES string of the molecule is O=c1cc(N2CCN(CCCCc3c[nH]c4cc(F)ccc34)CC2)c2ccccc2o1. The number of nitrogens with zero attached hydrogens (tertiary/aromatic N) is 2. The first kappa shape index (κ1) is 19.8. The fraction of sp³-hybridized carbons (Fsp3) is 0.320. The van der Waals surface area contributed by atoms with E-state index in [1.165, 1.54) is 11.6 Å². The fourth-order valence-electron chi connectivity index (χ4n) is 4.58. The van der Waals surface area contributed by atoms with Crippen LogP contribution in [0.5, 0.6) is 0 Å². The summed E-state index contributed by atoms with van der Waals surface area (Å²) in [6, 6.07) is 14.3. The zero-order chi connectivity index (χ0) is 21.2. The summed E-state index contributed by atoms with van der Waals surface area (Å²) < 4.78 is 18.7. The predicted molar refractivity (Wildman–Crippen MR) is 122 cm³/mol. The van der Waals surface area contributed by atoms with Crippen molar-refractivity contribution in [2.45, 2.75) is 19.3 Å². The lowest BCUT2D eigenvalue weighted by Gasteiger charge is -2.36. The minimum absolute atomic E-state index is 0.204. The van der Waals surface area contributed by atoms with E-state index in [-0.39, 0.29) is 11.4 Å². The van der Waals surface area contributed by atoms with Gasteiger partial charge in [0.1, 0.15) is 11.4 Å². The molecule has 0 radical (unpaired) electrons. The van der Waals surface area contributed by atoms with Crippen LogP contribution in [0.2, 0.25) is 0 Å². The van der Waals surface area contributed by atoms with Crippen molar-refractivity contribution in [3.05, 3.63) is 76.5 Å². The average molecular weight is 420 g/mol. The molecule has 160 valence electrons. The summed E-state index contributed by atoms with van der Waals surface area (Å²) in [5.74, 6) is -0.204. The van der Waals surface area contributed by atoms with Crippen LogP contribution in [0.25, 0.3) is 21.9 Å². The highest BCUT2D eigenvalue weighted by Crippen LogP contribution is 2.26. The summed E-state index contributed by atoms with van der Waals surface area (Å²) in [6.45, 7) is 4.85. The third-order valence-corrected chi connectivity index (χ3v) is 6.24. The number of para-hydroxylation sites is 1. The molecule has 2 aromatic heterocycles. The molecular weight excluding hydrogens is 393 g/mol. The molecule has 2 aromatic carbocycles. The first-order valence-electron chi connectivity index (χ1n) is 10.9. The number of H-pyrrole nitrogens is 1. The first-order chi connectivity index (χ1) is 15.2. The van der Waals surface area contributed by atoms with Gasteiger partial charge in [0.05, 0.1) is 5.69 Å². The van der Waals surface area contributed by atoms with Crippen molar-refractivity contribution < 1.29 is 8.81 Å². The molecule has 4 aromatic rings. The number of benzene rings is 2. The van der Waals surface area contributed by atoms with E-state index >= 15 is 0 Å². The number of halogens is 1. The van der Waals surface area contributed by atoms with Crippen LogP contribution in [0, 0.1) is 5.82 Å². The van der Waals surface area contributed by atoms with Gasteiger partial charge >= 0.3 is 5.63 Å². The lowest BCUT2D eigenvalue weighted by Crippen LogP contribution is -2.46. The van der Waals surface area contributed by atoms with Gasteiger partial charge in [-0.05, 0) is 61.7 Å². The number of hydrogen-bond acceptors (Lipinski definition) is 4. The summed E-state index contributed by atoms with van der Waals surface area (Å²) >= 11 is 0. The Kier molecular flexibility index (Phi) is 5.47. The lowest BCUT2D eigenvalue weighted by molar-refractivity contribution is 0.253. The van der Waals surface area contributed by atoms with Gasteiger partial charge in [0.15, 0.2) is 0 Å². The highest BCUT2D eigenvalue weighted by molar-refractivity contribution is 5.90. The molecule has 31 heavy (non-hydrogen) atoms. The van der Waals surface area contributed by atoms with E-state index in [4.69, 9.17) is 4.42 Å². The Balaban J connectivity index is 1.14. The molecule has 0 aliphatic carbocycles. The Morgan fingerprint density at radius 3 is 2.68 bits per heavy atom. The zero-order valence-electron chi connectivity index (χ0n) is 17.4. The maximum atomic E-state index is 13.3. The summed E-state index contributed by atoms with van der Waals surface area (Å²) in [5.41, 5.74) is 3.45. The maximum absolute atomic E-state index is 13.3. The Morgan fingerprint density at radius 1 is 0.968 bits per heavy atom. The normalized spacial score (nSPS) is 15.2. The van der Waals surface area contributed by atoms with E-state index in [0.717, 1.165) is 74.0 Å². The van der Waals surface area contributed by atoms with Crippen LogP contribution < -0.4 is 10.5 Å². The smallest absolute Gasteiger partial charge is 0.338 e. The summed E-state index contributed by atoms with van der Waals surface area (Å²) in [4.78, 5) is 19.9. The van der Waals surface area contributed by atoms with E-state index < -0.39 is 0 Å². The lowest BCUT2D eigenvalue weighted by atomic mass is 10.1. The number of unbranched alkanes of at least 4 members (excludes halogenated alkanes) is 1. The number of rotatable bonds is 6. The number of aryl methyl sites for hydroxylation is 1. The van der Waals surface area contributed by atoms with Crippen molar-refractivity contribution in [1.29, 1.82) is 0 Å². The molecular formula is C25H26FN3O2. The summed E-state index contributed by atoms with van der Waals surface area (Å²) in [6.07, 6.45) is 5.24. The van der Waals surface area contributed by atoms with E-state index in [2.05, 4.69) is 14.8 Å². The highest BCUT2D eigenvalue weighted by Gasteiger charge is 2.19. The highest BCUT2D eigenvalue weighted by atomic mass is 19.1. The number of hydrogen-bond donors (Lipinski definition) is 1. The van der Waals surface area contributed by atoms with E-state index in [9.17, 15) is 9.18 Å². The minimum atomic E-state index is -0.295. The molecule has 0 atom stereocenters. The van der Waals surface area contributed by atoms with Crippen LogP contribution in [0.1, 0.15) is 18.4 Å². The van der Waals surface area contributed by atoms with Crippen LogP contribution in [-0.4, -0.2) is 42.6 Å². The number of nitrogens with one attached hydrogen (secondary N) is 1. The number of anilines is 1. The van der Waals surface area contributed by atoms with Crippen LogP contribution in [0.15, 0.2) is 63.9 Å². The van der Waals surface area contributed by atoms with Crippen LogP contribution in [0.4, 0.5) is 10.1 Å². The summed E-state index contributed by atoms with van der Waals surface area (Å²) in [5, 5.41) is 2.11. The Hall–Kier alpha value is -3.12. The molecule has 1 saturated heterocycles. The maximum Gasteiger partial charge on any atom is 0.338 e. The second-order valence-corrected chi connectivity index (χ2v) is 8.24. The minimum Gasteiger partial charge on any atom is -0.423 e. The molecule has 5 nitrogen and oxygen atoms in total. The predicted octanol–water partition coefficient (Wildman–Crippen LogP) is 4.56. The molecule has 1 fully saturated rings. The first-order valence-corrected chi connectivity index (χ1v) is 10.9. The second kappa shape index (κ2) is 8.55. The Labute approximate surface area is 180 Å². The van der Waals surface area contributed by atoms with Crippen LogP contribution in [0.3, 0.4) is 0 Å². The molecule has 0 bridgehead atoms. The molecule has 0 spiro atoms. The quantitative estimate of drug-likeness (QED) is 0.368. The van der Waals surface area contributed by atoms with Gasteiger partial charge in [0, 0.05) is 54.7 Å². The van der Waals surface area contributed by atoms with Gasteiger partial charge in [-0.15, -0.1) is 0 Å². The van der Waals surface area contributed by atoms with Crippen molar-refractivity contribution in [2.24, 2.45) is 0 Å². The monoisotopic (exact) mass is 419 g/mol. The van der Waals surface area contributed by atoms with Gasteiger partial charge in [-0.25, -0.2) is 9.18 Å². The standard InChI is InChI=1S/C25H26FN3O2/c26-19-8-9-20-18(17-27-22(20)15-19)5-3-4-10-28-11-13-29(14-12-28)23-16-25(30)31-24-7-2-1-6-21(23)24/h1-2,6-9,15-17,27H,3-5,10-14H2. The van der Waals surface area contributed by atoms with Crippen molar-refractivity contribution in [3.8, 4) is 0 Å². The van der Waals surface area contributed by atoms with Crippen LogP contribution >= 0.6 is 0 Å².